The Labute approximate surface area is 130 Å². The molecule has 2 aromatic rings. The standard InChI is InChI=1S/C19H22O3/c20-17(13-7-3-1-4-8-13)15-11-12-16(19(15)22)18(21)14-9-5-2-6-10-14/h1-10,15-22H,11-12H2/t15-,16+,17-,18-,19?/m0/s1. The molecule has 2 aromatic carbocycles. The van der Waals surface area contributed by atoms with Gasteiger partial charge in [-0.2, -0.15) is 0 Å². The first-order valence-corrected chi connectivity index (χ1v) is 7.82. The van der Waals surface area contributed by atoms with Crippen molar-refractivity contribution in [3.63, 3.8) is 0 Å². The molecule has 1 fully saturated rings. The molecule has 1 unspecified atom stereocenters. The van der Waals surface area contributed by atoms with Gasteiger partial charge in [-0.3, -0.25) is 0 Å². The minimum atomic E-state index is -0.703. The van der Waals surface area contributed by atoms with Crippen molar-refractivity contribution >= 4 is 0 Å². The van der Waals surface area contributed by atoms with Crippen LogP contribution in [0.15, 0.2) is 60.7 Å². The van der Waals surface area contributed by atoms with Crippen molar-refractivity contribution in [3.05, 3.63) is 71.8 Å². The van der Waals surface area contributed by atoms with Crippen LogP contribution in [0.25, 0.3) is 0 Å². The SMILES string of the molecule is OC1[C@H]([C@@H](O)c2ccccc2)CC[C@@H]1[C@@H](O)c1ccccc1. The third-order valence-corrected chi connectivity index (χ3v) is 4.80. The van der Waals surface area contributed by atoms with E-state index in [1.54, 1.807) is 0 Å². The van der Waals surface area contributed by atoms with Crippen molar-refractivity contribution in [2.24, 2.45) is 11.8 Å². The van der Waals surface area contributed by atoms with Gasteiger partial charge in [0.05, 0.1) is 18.3 Å². The Morgan fingerprint density at radius 3 is 1.41 bits per heavy atom. The van der Waals surface area contributed by atoms with Crippen molar-refractivity contribution in [1.82, 2.24) is 0 Å². The van der Waals surface area contributed by atoms with Gasteiger partial charge < -0.3 is 15.3 Å². The van der Waals surface area contributed by atoms with Crippen LogP contribution in [0.3, 0.4) is 0 Å². The second-order valence-corrected chi connectivity index (χ2v) is 6.11. The summed E-state index contributed by atoms with van der Waals surface area (Å²) in [5.41, 5.74) is 1.64. The molecule has 0 saturated heterocycles. The second kappa shape index (κ2) is 6.61. The molecule has 0 spiro atoms. The molecule has 3 rings (SSSR count). The lowest BCUT2D eigenvalue weighted by molar-refractivity contribution is -0.0228. The molecule has 0 radical (unpaired) electrons. The van der Waals surface area contributed by atoms with E-state index in [1.165, 1.54) is 0 Å². The van der Waals surface area contributed by atoms with Crippen LogP contribution >= 0.6 is 0 Å². The lowest BCUT2D eigenvalue weighted by atomic mass is 9.87. The average molecular weight is 298 g/mol. The number of hydrogen-bond donors (Lipinski definition) is 3. The molecule has 3 N–H and O–H groups in total. The molecule has 0 aromatic heterocycles. The van der Waals surface area contributed by atoms with Gasteiger partial charge in [0.1, 0.15) is 0 Å². The lowest BCUT2D eigenvalue weighted by Gasteiger charge is -2.27. The van der Waals surface area contributed by atoms with Gasteiger partial charge in [0.15, 0.2) is 0 Å². The van der Waals surface area contributed by atoms with Gasteiger partial charge >= 0.3 is 0 Å². The fourth-order valence-corrected chi connectivity index (χ4v) is 3.53. The Morgan fingerprint density at radius 1 is 0.682 bits per heavy atom. The minimum absolute atomic E-state index is 0.231. The lowest BCUT2D eigenvalue weighted by Crippen LogP contribution is -2.29. The number of rotatable bonds is 4. The first-order valence-electron chi connectivity index (χ1n) is 7.82. The van der Waals surface area contributed by atoms with Gasteiger partial charge in [-0.25, -0.2) is 0 Å². The molecule has 3 heteroatoms. The van der Waals surface area contributed by atoms with Crippen molar-refractivity contribution < 1.29 is 15.3 Å². The van der Waals surface area contributed by atoms with E-state index >= 15 is 0 Å². The second-order valence-electron chi connectivity index (χ2n) is 6.11. The molecule has 0 bridgehead atoms. The summed E-state index contributed by atoms with van der Waals surface area (Å²) in [7, 11) is 0. The molecule has 0 heterocycles. The van der Waals surface area contributed by atoms with Crippen LogP contribution < -0.4 is 0 Å². The van der Waals surface area contributed by atoms with Gasteiger partial charge in [-0.05, 0) is 24.0 Å². The molecule has 1 saturated carbocycles. The highest BCUT2D eigenvalue weighted by atomic mass is 16.3. The Morgan fingerprint density at radius 2 is 1.05 bits per heavy atom. The van der Waals surface area contributed by atoms with Crippen LogP contribution in [0.1, 0.15) is 36.2 Å². The van der Waals surface area contributed by atoms with Crippen molar-refractivity contribution in [2.75, 3.05) is 0 Å². The molecule has 0 amide bonds. The van der Waals surface area contributed by atoms with E-state index in [4.69, 9.17) is 0 Å². The molecule has 1 aliphatic carbocycles. The van der Waals surface area contributed by atoms with E-state index in [9.17, 15) is 15.3 Å². The largest absolute Gasteiger partial charge is 0.392 e. The summed E-state index contributed by atoms with van der Waals surface area (Å²) in [6.07, 6.45) is -0.656. The average Bonchev–Trinajstić information content (AvgIpc) is 2.96. The van der Waals surface area contributed by atoms with Crippen molar-refractivity contribution in [1.29, 1.82) is 0 Å². The summed E-state index contributed by atoms with van der Waals surface area (Å²) in [4.78, 5) is 0. The van der Waals surface area contributed by atoms with Gasteiger partial charge in [0.25, 0.3) is 0 Å². The highest BCUT2D eigenvalue weighted by Crippen LogP contribution is 2.44. The fourth-order valence-electron chi connectivity index (χ4n) is 3.53. The first-order chi connectivity index (χ1) is 10.7. The van der Waals surface area contributed by atoms with E-state index in [1.807, 2.05) is 60.7 Å². The summed E-state index contributed by atoms with van der Waals surface area (Å²) in [6, 6.07) is 18.8. The summed E-state index contributed by atoms with van der Waals surface area (Å²) in [5, 5.41) is 31.6. The summed E-state index contributed by atoms with van der Waals surface area (Å²) >= 11 is 0. The number of benzene rings is 2. The summed E-state index contributed by atoms with van der Waals surface area (Å²) < 4.78 is 0. The maximum Gasteiger partial charge on any atom is 0.0843 e. The summed E-state index contributed by atoms with van der Waals surface area (Å²) in [5.74, 6) is -0.462. The van der Waals surface area contributed by atoms with E-state index in [0.717, 1.165) is 11.1 Å². The Hall–Kier alpha value is -1.68. The predicted octanol–water partition coefficient (Wildman–Crippen LogP) is 2.84. The van der Waals surface area contributed by atoms with E-state index in [-0.39, 0.29) is 11.8 Å². The molecular weight excluding hydrogens is 276 g/mol. The molecule has 3 nitrogen and oxygen atoms in total. The van der Waals surface area contributed by atoms with E-state index in [0.29, 0.717) is 12.8 Å². The molecule has 22 heavy (non-hydrogen) atoms. The molecule has 0 aliphatic heterocycles. The van der Waals surface area contributed by atoms with E-state index < -0.39 is 18.3 Å². The molecule has 1 aliphatic rings. The monoisotopic (exact) mass is 298 g/mol. The Bertz CT molecular complexity index is 531. The zero-order valence-electron chi connectivity index (χ0n) is 12.4. The topological polar surface area (TPSA) is 60.7 Å². The van der Waals surface area contributed by atoms with Crippen LogP contribution in [0.4, 0.5) is 0 Å². The quantitative estimate of drug-likeness (QED) is 0.813. The molecule has 5 atom stereocenters. The third kappa shape index (κ3) is 2.93. The zero-order chi connectivity index (χ0) is 15.5. The number of aliphatic hydroxyl groups excluding tert-OH is 3. The van der Waals surface area contributed by atoms with Crippen molar-refractivity contribution in [2.45, 2.75) is 31.2 Å². The zero-order valence-corrected chi connectivity index (χ0v) is 12.4. The number of hydrogen-bond acceptors (Lipinski definition) is 3. The number of aliphatic hydroxyl groups is 3. The first kappa shape index (κ1) is 15.2. The van der Waals surface area contributed by atoms with Crippen LogP contribution in [0.2, 0.25) is 0 Å². The third-order valence-electron chi connectivity index (χ3n) is 4.80. The predicted molar refractivity (Wildman–Crippen MR) is 85.0 cm³/mol. The van der Waals surface area contributed by atoms with Gasteiger partial charge in [-0.1, -0.05) is 60.7 Å². The van der Waals surface area contributed by atoms with Gasteiger partial charge in [-0.15, -0.1) is 0 Å². The van der Waals surface area contributed by atoms with Crippen LogP contribution in [-0.2, 0) is 0 Å². The Kier molecular flexibility index (Phi) is 4.57. The fraction of sp³-hybridized carbons (Fsp3) is 0.368. The highest BCUT2D eigenvalue weighted by molar-refractivity contribution is 5.21. The summed E-state index contributed by atoms with van der Waals surface area (Å²) in [6.45, 7) is 0. The maximum atomic E-state index is 10.6. The minimum Gasteiger partial charge on any atom is -0.392 e. The smallest absolute Gasteiger partial charge is 0.0843 e. The van der Waals surface area contributed by atoms with Crippen LogP contribution in [-0.4, -0.2) is 21.4 Å². The normalized spacial score (nSPS) is 27.5. The molecular formula is C19H22O3. The molecule has 116 valence electrons. The maximum absolute atomic E-state index is 10.6. The van der Waals surface area contributed by atoms with Crippen LogP contribution in [0, 0.1) is 11.8 Å². The highest BCUT2D eigenvalue weighted by Gasteiger charge is 2.42. The van der Waals surface area contributed by atoms with Crippen LogP contribution in [0.5, 0.6) is 0 Å². The van der Waals surface area contributed by atoms with Crippen molar-refractivity contribution in [3.8, 4) is 0 Å². The van der Waals surface area contributed by atoms with E-state index in [2.05, 4.69) is 0 Å². The Balaban J connectivity index is 1.73. The van der Waals surface area contributed by atoms with Gasteiger partial charge in [0, 0.05) is 11.8 Å². The van der Waals surface area contributed by atoms with Gasteiger partial charge in [0.2, 0.25) is 0 Å².